The van der Waals surface area contributed by atoms with Gasteiger partial charge in [0, 0.05) is 19.3 Å². The predicted molar refractivity (Wildman–Crippen MR) is 101 cm³/mol. The molecule has 0 spiro atoms. The first kappa shape index (κ1) is 22.1. The average molecular weight is 332 g/mol. The average Bonchev–Trinajstić information content (AvgIpc) is 2.94. The highest BCUT2D eigenvalue weighted by atomic mass is 16.5. The highest BCUT2D eigenvalue weighted by Crippen LogP contribution is 2.23. The molecule has 0 aromatic carbocycles. The largest absolute Gasteiger partial charge is 0.463 e. The number of Topliss-reactive ketones (excluding diaryl/α,β-unsaturated/α-hetero) is 1. The molecule has 1 aliphatic carbocycles. The summed E-state index contributed by atoms with van der Waals surface area (Å²) in [6, 6.07) is 0. The normalized spacial score (nSPS) is 17.2. The van der Waals surface area contributed by atoms with Crippen LogP contribution in [0.3, 0.4) is 0 Å². The van der Waals surface area contributed by atoms with Gasteiger partial charge in [0.1, 0.15) is 5.78 Å². The van der Waals surface area contributed by atoms with E-state index >= 15 is 0 Å². The lowest BCUT2D eigenvalue weighted by Gasteiger charge is -2.06. The number of esters is 1. The van der Waals surface area contributed by atoms with Gasteiger partial charge in [-0.25, -0.2) is 0 Å². The van der Waals surface area contributed by atoms with Crippen molar-refractivity contribution in [2.75, 3.05) is 0 Å². The Morgan fingerprint density at radius 2 is 2.12 bits per heavy atom. The van der Waals surface area contributed by atoms with E-state index in [0.29, 0.717) is 24.5 Å². The lowest BCUT2D eigenvalue weighted by atomic mass is 10.1. The maximum absolute atomic E-state index is 11.0. The Morgan fingerprint density at radius 1 is 1.42 bits per heavy atom. The molecule has 3 heteroatoms. The summed E-state index contributed by atoms with van der Waals surface area (Å²) < 4.78 is 4.97. The van der Waals surface area contributed by atoms with Gasteiger partial charge >= 0.3 is 5.97 Å². The highest BCUT2D eigenvalue weighted by molar-refractivity contribution is 5.80. The molecule has 0 amide bonds. The fraction of sp³-hybridized carbons (Fsp3) is 0.524. The zero-order valence-electron chi connectivity index (χ0n) is 15.4. The lowest BCUT2D eigenvalue weighted by Crippen LogP contribution is -2.10. The summed E-state index contributed by atoms with van der Waals surface area (Å²) in [7, 11) is 0. The zero-order valence-corrected chi connectivity index (χ0v) is 15.4. The van der Waals surface area contributed by atoms with E-state index in [-0.39, 0.29) is 12.1 Å². The molecule has 0 radical (unpaired) electrons. The molecule has 1 aliphatic rings. The molecular weight excluding hydrogens is 300 g/mol. The second-order valence-electron chi connectivity index (χ2n) is 6.18. The molecule has 0 N–H and O–H groups in total. The van der Waals surface area contributed by atoms with Crippen molar-refractivity contribution in [3.63, 3.8) is 0 Å². The van der Waals surface area contributed by atoms with Crippen molar-refractivity contribution in [1.82, 2.24) is 0 Å². The SMILES string of the molecule is C/C=C\CCCC(=O)OC(C)C.C=CC(=C)/C=C/C1CCC(=O)C1. The number of ether oxygens (including phenoxy) is 1. The van der Waals surface area contributed by atoms with E-state index in [4.69, 9.17) is 4.74 Å². The maximum atomic E-state index is 11.0. The number of unbranched alkanes of at least 4 members (excludes halogenated alkanes) is 1. The van der Waals surface area contributed by atoms with Gasteiger partial charge in [0.05, 0.1) is 6.10 Å². The Balaban J connectivity index is 0.000000441. The van der Waals surface area contributed by atoms with Crippen LogP contribution in [0.5, 0.6) is 0 Å². The summed E-state index contributed by atoms with van der Waals surface area (Å²) in [4.78, 5) is 21.9. The van der Waals surface area contributed by atoms with Crippen LogP contribution >= 0.6 is 0 Å². The first-order valence-corrected chi connectivity index (χ1v) is 8.70. The lowest BCUT2D eigenvalue weighted by molar-refractivity contribution is -0.147. The van der Waals surface area contributed by atoms with Gasteiger partial charge in [-0.3, -0.25) is 9.59 Å². The number of hydrogen-bond acceptors (Lipinski definition) is 3. The first-order valence-electron chi connectivity index (χ1n) is 8.70. The topological polar surface area (TPSA) is 43.4 Å². The van der Waals surface area contributed by atoms with Crippen LogP contribution in [0.1, 0.15) is 59.3 Å². The number of rotatable bonds is 8. The van der Waals surface area contributed by atoms with Gasteiger partial charge < -0.3 is 4.74 Å². The standard InChI is InChI=1S/C11H14O.C10H18O2/c1-3-9(2)4-5-10-6-7-11(12)8-10;1-4-5-6-7-8-10(11)12-9(2)3/h3-5,10H,1-2,6-8H2;4-5,9H,6-8H2,1-3H3/b5-4+;5-4-. The molecule has 1 rings (SSSR count). The minimum absolute atomic E-state index is 0.0132. The van der Waals surface area contributed by atoms with Crippen molar-refractivity contribution < 1.29 is 14.3 Å². The van der Waals surface area contributed by atoms with Crippen molar-refractivity contribution >= 4 is 11.8 Å². The van der Waals surface area contributed by atoms with E-state index < -0.39 is 0 Å². The predicted octanol–water partition coefficient (Wildman–Crippen LogP) is 5.34. The fourth-order valence-corrected chi connectivity index (χ4v) is 2.19. The molecule has 0 aromatic heterocycles. The third-order valence-electron chi connectivity index (χ3n) is 3.48. The molecule has 0 bridgehead atoms. The van der Waals surface area contributed by atoms with Crippen molar-refractivity contribution in [1.29, 1.82) is 0 Å². The van der Waals surface area contributed by atoms with Crippen LogP contribution < -0.4 is 0 Å². The number of hydrogen-bond donors (Lipinski definition) is 0. The second-order valence-corrected chi connectivity index (χ2v) is 6.18. The van der Waals surface area contributed by atoms with Crippen molar-refractivity contribution in [2.24, 2.45) is 5.92 Å². The van der Waals surface area contributed by atoms with Crippen molar-refractivity contribution in [3.8, 4) is 0 Å². The molecule has 1 fully saturated rings. The summed E-state index contributed by atoms with van der Waals surface area (Å²) in [5.41, 5.74) is 0.911. The van der Waals surface area contributed by atoms with E-state index in [2.05, 4.69) is 25.3 Å². The summed E-state index contributed by atoms with van der Waals surface area (Å²) in [5, 5.41) is 0. The van der Waals surface area contributed by atoms with E-state index in [0.717, 1.165) is 31.3 Å². The Kier molecular flexibility index (Phi) is 12.5. The van der Waals surface area contributed by atoms with E-state index in [1.165, 1.54) is 0 Å². The van der Waals surface area contributed by atoms with Crippen LogP contribution in [0.4, 0.5) is 0 Å². The van der Waals surface area contributed by atoms with Crippen LogP contribution in [0.15, 0.2) is 49.1 Å². The molecule has 0 aromatic rings. The third kappa shape index (κ3) is 12.6. The number of carbonyl (C=O) groups excluding carboxylic acids is 2. The smallest absolute Gasteiger partial charge is 0.306 e. The minimum Gasteiger partial charge on any atom is -0.463 e. The summed E-state index contributed by atoms with van der Waals surface area (Å²) in [6.07, 6.45) is 14.6. The molecule has 0 saturated heterocycles. The van der Waals surface area contributed by atoms with Crippen LogP contribution in [0, 0.1) is 5.92 Å². The Labute approximate surface area is 147 Å². The van der Waals surface area contributed by atoms with Crippen LogP contribution in [-0.4, -0.2) is 17.9 Å². The van der Waals surface area contributed by atoms with Gasteiger partial charge in [-0.1, -0.05) is 43.5 Å². The van der Waals surface area contributed by atoms with Crippen LogP contribution in [0.2, 0.25) is 0 Å². The molecular formula is C21H32O3. The quantitative estimate of drug-likeness (QED) is 0.261. The number of allylic oxidation sites excluding steroid dienone is 6. The molecule has 0 aliphatic heterocycles. The molecule has 3 nitrogen and oxygen atoms in total. The summed E-state index contributed by atoms with van der Waals surface area (Å²) in [5.74, 6) is 0.734. The number of ketones is 1. The second kappa shape index (κ2) is 13.5. The summed E-state index contributed by atoms with van der Waals surface area (Å²) >= 11 is 0. The molecule has 134 valence electrons. The number of carbonyl (C=O) groups is 2. The molecule has 24 heavy (non-hydrogen) atoms. The molecule has 1 saturated carbocycles. The molecule has 1 unspecified atom stereocenters. The van der Waals surface area contributed by atoms with Gasteiger partial charge in [-0.2, -0.15) is 0 Å². The maximum Gasteiger partial charge on any atom is 0.306 e. The fourth-order valence-electron chi connectivity index (χ4n) is 2.19. The van der Waals surface area contributed by atoms with Gasteiger partial charge in [-0.05, 0) is 51.5 Å². The Bertz CT molecular complexity index is 469. The third-order valence-corrected chi connectivity index (χ3v) is 3.48. The monoisotopic (exact) mass is 332 g/mol. The Morgan fingerprint density at radius 3 is 2.62 bits per heavy atom. The zero-order chi connectivity index (χ0) is 18.4. The van der Waals surface area contributed by atoms with Crippen molar-refractivity contribution in [2.45, 2.75) is 65.4 Å². The van der Waals surface area contributed by atoms with Gasteiger partial charge in [0.2, 0.25) is 0 Å². The van der Waals surface area contributed by atoms with Crippen LogP contribution in [-0.2, 0) is 14.3 Å². The van der Waals surface area contributed by atoms with E-state index in [1.807, 2.05) is 32.9 Å². The minimum atomic E-state index is -0.0884. The van der Waals surface area contributed by atoms with Gasteiger partial charge in [0.15, 0.2) is 0 Å². The van der Waals surface area contributed by atoms with E-state index in [9.17, 15) is 9.59 Å². The molecule has 0 heterocycles. The van der Waals surface area contributed by atoms with Crippen LogP contribution in [0.25, 0.3) is 0 Å². The summed E-state index contributed by atoms with van der Waals surface area (Å²) in [6.45, 7) is 13.1. The van der Waals surface area contributed by atoms with E-state index in [1.54, 1.807) is 6.08 Å². The molecule has 1 atom stereocenters. The first-order chi connectivity index (χ1) is 11.4. The Hall–Kier alpha value is -1.90. The highest BCUT2D eigenvalue weighted by Gasteiger charge is 2.18. The van der Waals surface area contributed by atoms with Crippen molar-refractivity contribution in [3.05, 3.63) is 49.1 Å². The van der Waals surface area contributed by atoms with Gasteiger partial charge in [-0.15, -0.1) is 0 Å². The van der Waals surface area contributed by atoms with Gasteiger partial charge in [0.25, 0.3) is 0 Å².